The number of nitrogens with two attached hydrogens (primary N) is 1. The van der Waals surface area contributed by atoms with Gasteiger partial charge in [-0.2, -0.15) is 5.26 Å². The molecule has 3 rings (SSSR count). The molecular formula is C15H10N4O. The molecule has 0 atom stereocenters. The predicted octanol–water partition coefficient (Wildman–Crippen LogP) is 2.88. The fourth-order valence-electron chi connectivity index (χ4n) is 1.88. The van der Waals surface area contributed by atoms with Crippen LogP contribution in [0.1, 0.15) is 5.56 Å². The van der Waals surface area contributed by atoms with Crippen molar-refractivity contribution >= 4 is 16.6 Å². The van der Waals surface area contributed by atoms with Crippen LogP contribution in [-0.2, 0) is 0 Å². The van der Waals surface area contributed by atoms with Crippen LogP contribution in [0.2, 0.25) is 0 Å². The third-order valence-electron chi connectivity index (χ3n) is 2.84. The van der Waals surface area contributed by atoms with Gasteiger partial charge in [-0.25, -0.2) is 4.98 Å². The Bertz CT molecular complexity index is 806. The number of nitrogens with zero attached hydrogens (tertiary/aromatic N) is 3. The molecule has 3 aromatic rings. The minimum absolute atomic E-state index is 0.416. The van der Waals surface area contributed by atoms with Crippen molar-refractivity contribution in [2.24, 2.45) is 0 Å². The Balaban J connectivity index is 2.02. The third-order valence-corrected chi connectivity index (χ3v) is 2.84. The number of pyridine rings is 2. The zero-order valence-electron chi connectivity index (χ0n) is 10.4. The molecule has 5 nitrogen and oxygen atoms in total. The quantitative estimate of drug-likeness (QED) is 0.718. The SMILES string of the molecule is N#Cc1ccc(Oc2ccc(N)c3ncccc23)nc1. The Morgan fingerprint density at radius 2 is 2.00 bits per heavy atom. The standard InChI is InChI=1S/C15H10N4O/c16-8-10-3-6-14(19-9-10)20-13-5-4-12(17)15-11(13)2-1-7-18-15/h1-7,9H,17H2. The highest BCUT2D eigenvalue weighted by atomic mass is 16.5. The number of hydrogen-bond donors (Lipinski definition) is 1. The van der Waals surface area contributed by atoms with E-state index in [4.69, 9.17) is 15.7 Å². The van der Waals surface area contributed by atoms with Crippen LogP contribution in [0, 0.1) is 11.3 Å². The number of rotatable bonds is 2. The maximum atomic E-state index is 8.74. The van der Waals surface area contributed by atoms with Crippen molar-refractivity contribution < 1.29 is 4.74 Å². The molecule has 2 N–H and O–H groups in total. The van der Waals surface area contributed by atoms with E-state index in [0.717, 1.165) is 5.39 Å². The monoisotopic (exact) mass is 262 g/mol. The lowest BCUT2D eigenvalue weighted by molar-refractivity contribution is 0.468. The zero-order chi connectivity index (χ0) is 13.9. The van der Waals surface area contributed by atoms with Gasteiger partial charge in [-0.1, -0.05) is 0 Å². The molecule has 0 bridgehead atoms. The summed E-state index contributed by atoms with van der Waals surface area (Å²) in [7, 11) is 0. The van der Waals surface area contributed by atoms with Crippen LogP contribution in [-0.4, -0.2) is 9.97 Å². The van der Waals surface area contributed by atoms with Crippen LogP contribution in [0.3, 0.4) is 0 Å². The number of ether oxygens (including phenoxy) is 1. The van der Waals surface area contributed by atoms with Crippen LogP contribution < -0.4 is 10.5 Å². The van der Waals surface area contributed by atoms with Gasteiger partial charge in [0, 0.05) is 23.8 Å². The summed E-state index contributed by atoms with van der Waals surface area (Å²) in [5, 5.41) is 9.56. The highest BCUT2D eigenvalue weighted by Crippen LogP contribution is 2.31. The predicted molar refractivity (Wildman–Crippen MR) is 75.2 cm³/mol. The molecule has 1 aromatic carbocycles. The van der Waals surface area contributed by atoms with Crippen molar-refractivity contribution in [1.29, 1.82) is 5.26 Å². The van der Waals surface area contributed by atoms with Gasteiger partial charge >= 0.3 is 0 Å². The average molecular weight is 262 g/mol. The van der Waals surface area contributed by atoms with Crippen molar-refractivity contribution in [3.8, 4) is 17.7 Å². The maximum Gasteiger partial charge on any atom is 0.219 e. The molecule has 0 aliphatic rings. The van der Waals surface area contributed by atoms with Crippen LogP contribution in [0.4, 0.5) is 5.69 Å². The second-order valence-electron chi connectivity index (χ2n) is 4.15. The first-order chi connectivity index (χ1) is 9.78. The molecule has 0 aliphatic heterocycles. The van der Waals surface area contributed by atoms with Crippen LogP contribution in [0.25, 0.3) is 10.9 Å². The van der Waals surface area contributed by atoms with Crippen LogP contribution in [0.5, 0.6) is 11.6 Å². The van der Waals surface area contributed by atoms with Crippen LogP contribution in [0.15, 0.2) is 48.8 Å². The second kappa shape index (κ2) is 4.86. The van der Waals surface area contributed by atoms with Crippen molar-refractivity contribution in [3.05, 3.63) is 54.4 Å². The summed E-state index contributed by atoms with van der Waals surface area (Å²) < 4.78 is 5.73. The summed E-state index contributed by atoms with van der Waals surface area (Å²) in [5.41, 5.74) is 7.66. The third kappa shape index (κ3) is 2.10. The largest absolute Gasteiger partial charge is 0.438 e. The Morgan fingerprint density at radius 1 is 1.10 bits per heavy atom. The molecule has 96 valence electrons. The van der Waals surface area contributed by atoms with Gasteiger partial charge in [0.05, 0.1) is 16.8 Å². The van der Waals surface area contributed by atoms with Crippen molar-refractivity contribution in [2.75, 3.05) is 5.73 Å². The van der Waals surface area contributed by atoms with Crippen molar-refractivity contribution in [1.82, 2.24) is 9.97 Å². The topological polar surface area (TPSA) is 84.8 Å². The number of anilines is 1. The summed E-state index contributed by atoms with van der Waals surface area (Å²) in [6.45, 7) is 0. The van der Waals surface area contributed by atoms with Gasteiger partial charge in [-0.15, -0.1) is 0 Å². The minimum atomic E-state index is 0.416. The molecule has 0 fully saturated rings. The number of nitrogen functional groups attached to an aromatic ring is 1. The lowest BCUT2D eigenvalue weighted by Crippen LogP contribution is -1.93. The van der Waals surface area contributed by atoms with E-state index in [2.05, 4.69) is 9.97 Å². The molecule has 0 spiro atoms. The molecule has 0 unspecified atom stereocenters. The Hall–Kier alpha value is -3.13. The Morgan fingerprint density at radius 3 is 2.75 bits per heavy atom. The van der Waals surface area contributed by atoms with Gasteiger partial charge in [0.25, 0.3) is 0 Å². The first kappa shape index (κ1) is 11.9. The van der Waals surface area contributed by atoms with E-state index in [1.807, 2.05) is 18.2 Å². The molecule has 0 saturated carbocycles. The first-order valence-electron chi connectivity index (χ1n) is 5.95. The smallest absolute Gasteiger partial charge is 0.219 e. The summed E-state index contributed by atoms with van der Waals surface area (Å²) >= 11 is 0. The number of benzene rings is 1. The minimum Gasteiger partial charge on any atom is -0.438 e. The van der Waals surface area contributed by atoms with Gasteiger partial charge in [-0.05, 0) is 30.3 Å². The van der Waals surface area contributed by atoms with E-state index in [-0.39, 0.29) is 0 Å². The average Bonchev–Trinajstić information content (AvgIpc) is 2.51. The summed E-state index contributed by atoms with van der Waals surface area (Å²) in [6.07, 6.45) is 3.15. The Labute approximate surface area is 115 Å². The molecule has 20 heavy (non-hydrogen) atoms. The van der Waals surface area contributed by atoms with Crippen LogP contribution >= 0.6 is 0 Å². The lowest BCUT2D eigenvalue weighted by Gasteiger charge is -2.09. The first-order valence-corrected chi connectivity index (χ1v) is 5.95. The normalized spacial score (nSPS) is 10.2. The summed E-state index contributed by atoms with van der Waals surface area (Å²) in [6, 6.07) is 12.5. The van der Waals surface area contributed by atoms with E-state index in [1.165, 1.54) is 6.20 Å². The van der Waals surface area contributed by atoms with E-state index in [9.17, 15) is 0 Å². The lowest BCUT2D eigenvalue weighted by atomic mass is 10.2. The van der Waals surface area contributed by atoms with E-state index in [1.54, 1.807) is 30.5 Å². The number of aromatic nitrogens is 2. The highest BCUT2D eigenvalue weighted by molar-refractivity contribution is 5.93. The van der Waals surface area contributed by atoms with E-state index >= 15 is 0 Å². The van der Waals surface area contributed by atoms with Crippen molar-refractivity contribution in [3.63, 3.8) is 0 Å². The van der Waals surface area contributed by atoms with E-state index < -0.39 is 0 Å². The number of fused-ring (bicyclic) bond motifs is 1. The Kier molecular flexibility index (Phi) is 2.90. The molecule has 0 saturated heterocycles. The molecule has 0 aliphatic carbocycles. The second-order valence-corrected chi connectivity index (χ2v) is 4.15. The molecule has 2 aromatic heterocycles. The molecule has 0 radical (unpaired) electrons. The van der Waals surface area contributed by atoms with Gasteiger partial charge in [0.1, 0.15) is 11.8 Å². The highest BCUT2D eigenvalue weighted by Gasteiger charge is 2.07. The zero-order valence-corrected chi connectivity index (χ0v) is 10.4. The number of nitriles is 1. The van der Waals surface area contributed by atoms with Gasteiger partial charge in [0.15, 0.2) is 0 Å². The molecule has 0 amide bonds. The molecular weight excluding hydrogens is 252 g/mol. The molecule has 5 heteroatoms. The van der Waals surface area contributed by atoms with Gasteiger partial charge < -0.3 is 10.5 Å². The van der Waals surface area contributed by atoms with Crippen molar-refractivity contribution in [2.45, 2.75) is 0 Å². The fourth-order valence-corrected chi connectivity index (χ4v) is 1.88. The number of hydrogen-bond acceptors (Lipinski definition) is 5. The summed E-state index contributed by atoms with van der Waals surface area (Å²) in [4.78, 5) is 8.32. The van der Waals surface area contributed by atoms with Gasteiger partial charge in [0.2, 0.25) is 5.88 Å². The van der Waals surface area contributed by atoms with Gasteiger partial charge in [-0.3, -0.25) is 4.98 Å². The maximum absolute atomic E-state index is 8.74. The molecule has 2 heterocycles. The van der Waals surface area contributed by atoms with E-state index in [0.29, 0.717) is 28.4 Å². The fraction of sp³-hybridized carbons (Fsp3) is 0. The summed E-state index contributed by atoms with van der Waals surface area (Å²) in [5.74, 6) is 1.04.